The molecule has 12 rings (SSSR count). The van der Waals surface area contributed by atoms with Crippen molar-refractivity contribution in [2.45, 2.75) is 0 Å². The lowest BCUT2D eigenvalue weighted by atomic mass is 9.90. The van der Waals surface area contributed by atoms with Gasteiger partial charge in [0, 0.05) is 33.2 Å². The van der Waals surface area contributed by atoms with Gasteiger partial charge in [-0.15, -0.1) is 0 Å². The molecule has 0 bridgehead atoms. The Bertz CT molecular complexity index is 3530. The molecule has 0 unspecified atom stereocenters. The van der Waals surface area contributed by atoms with Gasteiger partial charge in [0.1, 0.15) is 11.2 Å². The summed E-state index contributed by atoms with van der Waals surface area (Å²) in [4.78, 5) is 2.34. The molecule has 0 N–H and O–H groups in total. The standard InChI is InChI=1S/C56H35NO/c1-2-15-42(16-3-1)57(43-27-24-37(25-28-43)39-23-22-36-12-4-5-13-38(36)32-39)44-29-31-54-53(35-44)55-51(33-40-14-6-7-17-45(40)56(55)58-54)41-26-30-50-48-20-9-8-18-46(48)47-19-10-11-21-49(47)52(50)34-41/h1-35H. The van der Waals surface area contributed by atoms with Crippen molar-refractivity contribution in [3.05, 3.63) is 212 Å². The third-order valence-electron chi connectivity index (χ3n) is 12.0. The van der Waals surface area contributed by atoms with Gasteiger partial charge in [-0.2, -0.15) is 0 Å². The maximum atomic E-state index is 6.87. The van der Waals surface area contributed by atoms with E-state index in [1.165, 1.54) is 59.8 Å². The SMILES string of the molecule is c1ccc(N(c2ccc(-c3ccc4ccccc4c3)cc2)c2ccc3oc4c5ccccc5cc(-c5ccc6c7ccccc7c7ccccc7c6c5)c4c3c2)cc1. The number of fused-ring (bicyclic) bond motifs is 12. The number of furan rings is 1. The molecule has 1 aromatic heterocycles. The number of hydrogen-bond donors (Lipinski definition) is 0. The van der Waals surface area contributed by atoms with Crippen LogP contribution in [0.4, 0.5) is 17.1 Å². The molecule has 0 aliphatic rings. The minimum absolute atomic E-state index is 0.869. The van der Waals surface area contributed by atoms with Gasteiger partial charge >= 0.3 is 0 Å². The van der Waals surface area contributed by atoms with E-state index in [0.29, 0.717) is 0 Å². The van der Waals surface area contributed by atoms with Crippen LogP contribution in [0.5, 0.6) is 0 Å². The Morgan fingerprint density at radius 1 is 0.293 bits per heavy atom. The van der Waals surface area contributed by atoms with Gasteiger partial charge in [0.05, 0.1) is 0 Å². The van der Waals surface area contributed by atoms with Crippen LogP contribution in [-0.2, 0) is 0 Å². The van der Waals surface area contributed by atoms with Crippen molar-refractivity contribution in [3.8, 4) is 22.3 Å². The zero-order valence-electron chi connectivity index (χ0n) is 31.6. The number of nitrogens with zero attached hydrogens (tertiary/aromatic N) is 1. The number of benzene rings is 11. The van der Waals surface area contributed by atoms with Crippen LogP contribution < -0.4 is 4.90 Å². The summed E-state index contributed by atoms with van der Waals surface area (Å²) in [5, 5.41) is 14.6. The molecule has 0 fully saturated rings. The van der Waals surface area contributed by atoms with Crippen LogP contribution >= 0.6 is 0 Å². The highest BCUT2D eigenvalue weighted by Crippen LogP contribution is 2.46. The van der Waals surface area contributed by atoms with Crippen molar-refractivity contribution in [2.24, 2.45) is 0 Å². The summed E-state index contributed by atoms with van der Waals surface area (Å²) < 4.78 is 6.87. The van der Waals surface area contributed by atoms with E-state index in [1.807, 2.05) is 0 Å². The first-order valence-electron chi connectivity index (χ1n) is 19.9. The first kappa shape index (κ1) is 32.6. The van der Waals surface area contributed by atoms with Gasteiger partial charge in [0.25, 0.3) is 0 Å². The highest BCUT2D eigenvalue weighted by Gasteiger charge is 2.20. The summed E-state index contributed by atoms with van der Waals surface area (Å²) in [7, 11) is 0. The van der Waals surface area contributed by atoms with Gasteiger partial charge in [0.2, 0.25) is 0 Å². The average Bonchev–Trinajstić information content (AvgIpc) is 3.69. The van der Waals surface area contributed by atoms with Crippen LogP contribution in [0.3, 0.4) is 0 Å². The zero-order valence-corrected chi connectivity index (χ0v) is 31.6. The Morgan fingerprint density at radius 3 is 1.59 bits per heavy atom. The molecule has 0 atom stereocenters. The van der Waals surface area contributed by atoms with Crippen molar-refractivity contribution in [1.29, 1.82) is 0 Å². The van der Waals surface area contributed by atoms with Gasteiger partial charge in [-0.1, -0.05) is 152 Å². The summed E-state index contributed by atoms with van der Waals surface area (Å²) in [6.07, 6.45) is 0. The van der Waals surface area contributed by atoms with E-state index in [-0.39, 0.29) is 0 Å². The second kappa shape index (κ2) is 12.9. The molecule has 0 radical (unpaired) electrons. The van der Waals surface area contributed by atoms with Crippen LogP contribution in [0, 0.1) is 0 Å². The third kappa shape index (κ3) is 5.12. The van der Waals surface area contributed by atoms with E-state index < -0.39 is 0 Å². The van der Waals surface area contributed by atoms with Crippen LogP contribution in [0.2, 0.25) is 0 Å². The molecule has 0 aliphatic heterocycles. The van der Waals surface area contributed by atoms with E-state index in [9.17, 15) is 0 Å². The summed E-state index contributed by atoms with van der Waals surface area (Å²) in [5.41, 5.74) is 9.74. The monoisotopic (exact) mass is 737 g/mol. The summed E-state index contributed by atoms with van der Waals surface area (Å²) in [6.45, 7) is 0. The highest BCUT2D eigenvalue weighted by molar-refractivity contribution is 6.27. The fourth-order valence-electron chi connectivity index (χ4n) is 9.24. The lowest BCUT2D eigenvalue weighted by molar-refractivity contribution is 0.673. The smallest absolute Gasteiger partial charge is 0.143 e. The van der Waals surface area contributed by atoms with Crippen LogP contribution in [0.1, 0.15) is 0 Å². The maximum absolute atomic E-state index is 6.87. The third-order valence-corrected chi connectivity index (χ3v) is 12.0. The summed E-state index contributed by atoms with van der Waals surface area (Å²) in [6, 6.07) is 77.0. The quantitative estimate of drug-likeness (QED) is 0.164. The first-order chi connectivity index (χ1) is 28.7. The van der Waals surface area contributed by atoms with Gasteiger partial charge in [-0.05, 0) is 131 Å². The predicted molar refractivity (Wildman–Crippen MR) is 247 cm³/mol. The maximum Gasteiger partial charge on any atom is 0.143 e. The zero-order chi connectivity index (χ0) is 38.2. The number of rotatable bonds is 5. The number of hydrogen-bond acceptors (Lipinski definition) is 2. The normalized spacial score (nSPS) is 11.8. The second-order valence-corrected chi connectivity index (χ2v) is 15.3. The molecule has 11 aromatic carbocycles. The molecule has 270 valence electrons. The lowest BCUT2D eigenvalue weighted by Crippen LogP contribution is -2.09. The molecule has 2 heteroatoms. The molecule has 2 nitrogen and oxygen atoms in total. The van der Waals surface area contributed by atoms with E-state index in [2.05, 4.69) is 217 Å². The molecular formula is C56H35NO. The largest absolute Gasteiger partial charge is 0.455 e. The summed E-state index contributed by atoms with van der Waals surface area (Å²) >= 11 is 0. The average molecular weight is 738 g/mol. The van der Waals surface area contributed by atoms with E-state index in [1.54, 1.807) is 0 Å². The molecule has 0 aliphatic carbocycles. The van der Waals surface area contributed by atoms with Crippen molar-refractivity contribution >= 4 is 92.9 Å². The van der Waals surface area contributed by atoms with Crippen molar-refractivity contribution < 1.29 is 4.42 Å². The molecule has 0 saturated heterocycles. The molecule has 12 aromatic rings. The Labute approximate surface area is 335 Å². The lowest BCUT2D eigenvalue weighted by Gasteiger charge is -2.25. The van der Waals surface area contributed by atoms with E-state index >= 15 is 0 Å². The fraction of sp³-hybridized carbons (Fsp3) is 0. The predicted octanol–water partition coefficient (Wildman–Crippen LogP) is 16.2. The Morgan fingerprint density at radius 2 is 0.845 bits per heavy atom. The second-order valence-electron chi connectivity index (χ2n) is 15.3. The Kier molecular flexibility index (Phi) is 7.26. The molecule has 0 spiro atoms. The topological polar surface area (TPSA) is 16.4 Å². The first-order valence-corrected chi connectivity index (χ1v) is 19.9. The summed E-state index contributed by atoms with van der Waals surface area (Å²) in [5.74, 6) is 0. The van der Waals surface area contributed by atoms with Crippen LogP contribution in [0.15, 0.2) is 217 Å². The molecule has 0 saturated carbocycles. The molecular weight excluding hydrogens is 703 g/mol. The Balaban J connectivity index is 1.06. The molecule has 58 heavy (non-hydrogen) atoms. The minimum Gasteiger partial charge on any atom is -0.455 e. The van der Waals surface area contributed by atoms with Crippen LogP contribution in [0.25, 0.3) is 98.1 Å². The van der Waals surface area contributed by atoms with Gasteiger partial charge in [-0.3, -0.25) is 0 Å². The molecule has 0 amide bonds. The van der Waals surface area contributed by atoms with Crippen LogP contribution in [-0.4, -0.2) is 0 Å². The fourth-order valence-corrected chi connectivity index (χ4v) is 9.24. The van der Waals surface area contributed by atoms with Crippen molar-refractivity contribution in [1.82, 2.24) is 0 Å². The van der Waals surface area contributed by atoms with Crippen molar-refractivity contribution in [2.75, 3.05) is 4.90 Å². The Hall–Kier alpha value is -7.68. The highest BCUT2D eigenvalue weighted by atomic mass is 16.3. The van der Waals surface area contributed by atoms with Crippen molar-refractivity contribution in [3.63, 3.8) is 0 Å². The number of anilines is 3. The molecule has 1 heterocycles. The van der Waals surface area contributed by atoms with E-state index in [4.69, 9.17) is 4.42 Å². The number of para-hydroxylation sites is 1. The van der Waals surface area contributed by atoms with Gasteiger partial charge < -0.3 is 9.32 Å². The van der Waals surface area contributed by atoms with E-state index in [0.717, 1.165) is 55.3 Å². The minimum atomic E-state index is 0.869. The van der Waals surface area contributed by atoms with Gasteiger partial charge in [0.15, 0.2) is 0 Å². The van der Waals surface area contributed by atoms with Gasteiger partial charge in [-0.25, -0.2) is 0 Å².